The number of hydrogen-bond acceptors (Lipinski definition) is 7. The van der Waals surface area contributed by atoms with Crippen molar-refractivity contribution in [3.8, 4) is 10.8 Å². The van der Waals surface area contributed by atoms with Gasteiger partial charge in [-0.25, -0.2) is 8.42 Å². The fraction of sp³-hybridized carbons (Fsp3) is 0.350. The van der Waals surface area contributed by atoms with Crippen molar-refractivity contribution in [3.63, 3.8) is 0 Å². The summed E-state index contributed by atoms with van der Waals surface area (Å²) in [6, 6.07) is 9.11. The van der Waals surface area contributed by atoms with Gasteiger partial charge in [-0.15, -0.1) is 21.5 Å². The van der Waals surface area contributed by atoms with E-state index in [0.29, 0.717) is 35.8 Å². The van der Waals surface area contributed by atoms with Crippen LogP contribution in [0.25, 0.3) is 10.8 Å². The van der Waals surface area contributed by atoms with Crippen LogP contribution in [0, 0.1) is 6.92 Å². The average Bonchev–Trinajstić information content (AvgIpc) is 3.53. The predicted octanol–water partition coefficient (Wildman–Crippen LogP) is 3.09. The monoisotopic (exact) mass is 444 g/mol. The number of aryl methyl sites for hydroxylation is 1. The molecule has 1 saturated heterocycles. The number of likely N-dealkylation sites (tertiary alicyclic amines) is 1. The standard InChI is InChI=1S/C20H20N4O4S2/c1-13-17(30(26,27)24-11-8-14-6-2-3-7-15(14)24)12-16(29-13)18-21-22-19(28-18)20(25)23-9-4-5-10-23/h2-3,6-7,12H,4-5,8-11H2,1H3. The van der Waals surface area contributed by atoms with E-state index in [1.54, 1.807) is 17.9 Å². The van der Waals surface area contributed by atoms with E-state index >= 15 is 0 Å². The number of amides is 1. The molecule has 1 fully saturated rings. The number of carbonyl (C=O) groups is 1. The van der Waals surface area contributed by atoms with Crippen molar-refractivity contribution in [2.75, 3.05) is 23.9 Å². The predicted molar refractivity (Wildman–Crippen MR) is 112 cm³/mol. The lowest BCUT2D eigenvalue weighted by atomic mass is 10.2. The molecule has 0 bridgehead atoms. The number of benzene rings is 1. The quantitative estimate of drug-likeness (QED) is 0.614. The van der Waals surface area contributed by atoms with Crippen LogP contribution in [0.15, 0.2) is 39.6 Å². The fourth-order valence-corrected chi connectivity index (χ4v) is 6.96. The molecular formula is C20H20N4O4S2. The van der Waals surface area contributed by atoms with Gasteiger partial charge in [0.1, 0.15) is 4.90 Å². The SMILES string of the molecule is Cc1sc(-c2nnc(C(=O)N3CCCC3)o2)cc1S(=O)(=O)N1CCc2ccccc21. The number of thiophene rings is 1. The molecule has 0 unspecified atom stereocenters. The van der Waals surface area contributed by atoms with Gasteiger partial charge in [-0.3, -0.25) is 9.10 Å². The van der Waals surface area contributed by atoms with Gasteiger partial charge in [-0.05, 0) is 43.9 Å². The van der Waals surface area contributed by atoms with Crippen molar-refractivity contribution in [1.82, 2.24) is 15.1 Å². The third-order valence-corrected chi connectivity index (χ3v) is 8.60. The van der Waals surface area contributed by atoms with Crippen molar-refractivity contribution >= 4 is 33.0 Å². The summed E-state index contributed by atoms with van der Waals surface area (Å²) in [4.78, 5) is 15.5. The second kappa shape index (κ2) is 7.21. The molecular weight excluding hydrogens is 424 g/mol. The number of rotatable bonds is 4. The summed E-state index contributed by atoms with van der Waals surface area (Å²) >= 11 is 1.26. The smallest absolute Gasteiger partial charge is 0.311 e. The summed E-state index contributed by atoms with van der Waals surface area (Å²) < 4.78 is 33.8. The molecule has 0 spiro atoms. The molecule has 1 aromatic carbocycles. The first-order valence-corrected chi connectivity index (χ1v) is 12.0. The Kier molecular flexibility index (Phi) is 4.62. The molecule has 8 nitrogen and oxygen atoms in total. The highest BCUT2D eigenvalue weighted by molar-refractivity contribution is 7.93. The number of para-hydroxylation sites is 1. The van der Waals surface area contributed by atoms with Gasteiger partial charge in [0, 0.05) is 24.5 Å². The topological polar surface area (TPSA) is 96.6 Å². The highest BCUT2D eigenvalue weighted by atomic mass is 32.2. The molecule has 1 amide bonds. The first kappa shape index (κ1) is 19.3. The molecule has 10 heteroatoms. The fourth-order valence-electron chi connectivity index (χ4n) is 3.97. The van der Waals surface area contributed by atoms with Crippen molar-refractivity contribution in [2.45, 2.75) is 31.1 Å². The molecule has 2 aromatic heterocycles. The zero-order valence-corrected chi connectivity index (χ0v) is 18.0. The average molecular weight is 445 g/mol. The van der Waals surface area contributed by atoms with Crippen molar-refractivity contribution in [3.05, 3.63) is 46.7 Å². The molecule has 156 valence electrons. The lowest BCUT2D eigenvalue weighted by Crippen LogP contribution is -2.29. The van der Waals surface area contributed by atoms with Crippen LogP contribution in [0.1, 0.15) is 34.0 Å². The molecule has 2 aliphatic heterocycles. The molecule has 30 heavy (non-hydrogen) atoms. The van der Waals surface area contributed by atoms with E-state index in [2.05, 4.69) is 10.2 Å². The third-order valence-electron chi connectivity index (χ3n) is 5.50. The maximum absolute atomic E-state index is 13.4. The van der Waals surface area contributed by atoms with Gasteiger partial charge in [-0.1, -0.05) is 18.2 Å². The van der Waals surface area contributed by atoms with E-state index in [1.807, 2.05) is 24.3 Å². The number of hydrogen-bond donors (Lipinski definition) is 0. The molecule has 0 N–H and O–H groups in total. The van der Waals surface area contributed by atoms with Crippen LogP contribution in [0.3, 0.4) is 0 Å². The van der Waals surface area contributed by atoms with Crippen LogP contribution >= 0.6 is 11.3 Å². The lowest BCUT2D eigenvalue weighted by Gasteiger charge is -2.19. The van der Waals surface area contributed by atoms with E-state index in [9.17, 15) is 13.2 Å². The Morgan fingerprint density at radius 1 is 1.13 bits per heavy atom. The second-order valence-corrected chi connectivity index (χ2v) is 10.5. The number of anilines is 1. The van der Waals surface area contributed by atoms with Gasteiger partial charge >= 0.3 is 11.8 Å². The number of sulfonamides is 1. The minimum Gasteiger partial charge on any atom is -0.411 e. The van der Waals surface area contributed by atoms with Gasteiger partial charge < -0.3 is 9.32 Å². The van der Waals surface area contributed by atoms with Crippen LogP contribution in [-0.4, -0.2) is 49.1 Å². The van der Waals surface area contributed by atoms with E-state index in [4.69, 9.17) is 4.42 Å². The molecule has 0 saturated carbocycles. The number of nitrogens with zero attached hydrogens (tertiary/aromatic N) is 4. The summed E-state index contributed by atoms with van der Waals surface area (Å²) in [7, 11) is -3.71. The lowest BCUT2D eigenvalue weighted by molar-refractivity contribution is 0.0754. The van der Waals surface area contributed by atoms with E-state index in [0.717, 1.165) is 24.1 Å². The van der Waals surface area contributed by atoms with Crippen LogP contribution in [0.4, 0.5) is 5.69 Å². The molecule has 5 rings (SSSR count). The Morgan fingerprint density at radius 3 is 2.70 bits per heavy atom. The van der Waals surface area contributed by atoms with Gasteiger partial charge in [0.2, 0.25) is 0 Å². The Bertz CT molecular complexity index is 1230. The summed E-state index contributed by atoms with van der Waals surface area (Å²) in [5.41, 5.74) is 1.75. The largest absolute Gasteiger partial charge is 0.411 e. The van der Waals surface area contributed by atoms with Crippen LogP contribution in [0.5, 0.6) is 0 Å². The Morgan fingerprint density at radius 2 is 1.90 bits per heavy atom. The molecule has 3 aromatic rings. The minimum atomic E-state index is -3.71. The summed E-state index contributed by atoms with van der Waals surface area (Å²) in [5.74, 6) is -0.175. The van der Waals surface area contributed by atoms with Crippen LogP contribution < -0.4 is 4.31 Å². The van der Waals surface area contributed by atoms with Crippen molar-refractivity contribution in [2.24, 2.45) is 0 Å². The highest BCUT2D eigenvalue weighted by Crippen LogP contribution is 2.38. The van der Waals surface area contributed by atoms with Crippen molar-refractivity contribution < 1.29 is 17.6 Å². The Labute approximate surface area is 178 Å². The van der Waals surface area contributed by atoms with Crippen molar-refractivity contribution in [1.29, 1.82) is 0 Å². The number of fused-ring (bicyclic) bond motifs is 1. The summed E-state index contributed by atoms with van der Waals surface area (Å²) in [6.45, 7) is 3.56. The van der Waals surface area contributed by atoms with Crippen LogP contribution in [0.2, 0.25) is 0 Å². The first-order valence-electron chi connectivity index (χ1n) is 9.79. The molecule has 0 aliphatic carbocycles. The normalized spacial score (nSPS) is 16.3. The van der Waals surface area contributed by atoms with Crippen LogP contribution in [-0.2, 0) is 16.4 Å². The van der Waals surface area contributed by atoms with Gasteiger partial charge in [0.05, 0.1) is 10.6 Å². The number of carbonyl (C=O) groups excluding carboxylic acids is 1. The van der Waals surface area contributed by atoms with Gasteiger partial charge in [0.25, 0.3) is 15.9 Å². The van der Waals surface area contributed by atoms with E-state index in [-0.39, 0.29) is 22.6 Å². The maximum atomic E-state index is 13.4. The zero-order chi connectivity index (χ0) is 20.9. The van der Waals surface area contributed by atoms with E-state index in [1.165, 1.54) is 15.6 Å². The molecule has 0 radical (unpaired) electrons. The minimum absolute atomic E-state index is 0.0594. The maximum Gasteiger partial charge on any atom is 0.311 e. The Balaban J connectivity index is 1.45. The first-order chi connectivity index (χ1) is 14.4. The van der Waals surface area contributed by atoms with Gasteiger partial charge in [0.15, 0.2) is 0 Å². The van der Waals surface area contributed by atoms with Gasteiger partial charge in [-0.2, -0.15) is 0 Å². The molecule has 4 heterocycles. The second-order valence-electron chi connectivity index (χ2n) is 7.40. The van der Waals surface area contributed by atoms with E-state index < -0.39 is 10.0 Å². The Hall–Kier alpha value is -2.72. The molecule has 0 atom stereocenters. The third kappa shape index (κ3) is 3.10. The highest BCUT2D eigenvalue weighted by Gasteiger charge is 2.33. The number of aromatic nitrogens is 2. The summed E-state index contributed by atoms with van der Waals surface area (Å²) in [5, 5.41) is 7.87. The molecule has 2 aliphatic rings. The summed E-state index contributed by atoms with van der Waals surface area (Å²) in [6.07, 6.45) is 2.63. The zero-order valence-electron chi connectivity index (χ0n) is 16.4.